The quantitative estimate of drug-likeness (QED) is 0.564. The second-order valence-electron chi connectivity index (χ2n) is 7.32. The van der Waals surface area contributed by atoms with Crippen molar-refractivity contribution in [3.63, 3.8) is 0 Å². The van der Waals surface area contributed by atoms with E-state index in [0.717, 1.165) is 5.56 Å². The number of amides is 1. The SMILES string of the molecule is CCP(=O)(O)OCc1oncc1COCc1ccc(NC(=O)OC(C)(C)C)cc1. The third-order valence-corrected chi connectivity index (χ3v) is 4.98. The van der Waals surface area contributed by atoms with Crippen molar-refractivity contribution >= 4 is 19.4 Å². The Bertz CT molecular complexity index is 843. The van der Waals surface area contributed by atoms with Gasteiger partial charge in [-0.25, -0.2) is 4.79 Å². The fraction of sp³-hybridized carbons (Fsp3) is 0.474. The van der Waals surface area contributed by atoms with Crippen LogP contribution in [0.5, 0.6) is 0 Å². The Kier molecular flexibility index (Phi) is 7.98. The molecule has 0 fully saturated rings. The Morgan fingerprint density at radius 1 is 1.21 bits per heavy atom. The van der Waals surface area contributed by atoms with E-state index >= 15 is 0 Å². The zero-order valence-electron chi connectivity index (χ0n) is 17.0. The number of hydrogen-bond donors (Lipinski definition) is 2. The number of nitrogens with zero attached hydrogens (tertiary/aromatic N) is 1. The number of anilines is 1. The molecule has 29 heavy (non-hydrogen) atoms. The van der Waals surface area contributed by atoms with Crippen LogP contribution in [0.3, 0.4) is 0 Å². The van der Waals surface area contributed by atoms with Crippen LogP contribution in [-0.2, 0) is 38.4 Å². The minimum atomic E-state index is -3.60. The minimum Gasteiger partial charge on any atom is -0.444 e. The number of hydrogen-bond acceptors (Lipinski definition) is 7. The normalized spacial score (nSPS) is 13.7. The number of benzene rings is 1. The minimum absolute atomic E-state index is 0.0196. The second-order valence-corrected chi connectivity index (χ2v) is 9.48. The van der Waals surface area contributed by atoms with E-state index in [4.69, 9.17) is 18.5 Å². The summed E-state index contributed by atoms with van der Waals surface area (Å²) in [6.45, 7) is 7.35. The molecule has 1 aromatic carbocycles. The average Bonchev–Trinajstić information content (AvgIpc) is 3.07. The van der Waals surface area contributed by atoms with Gasteiger partial charge in [-0.2, -0.15) is 0 Å². The molecule has 1 unspecified atom stereocenters. The zero-order chi connectivity index (χ0) is 21.5. The molecular weight excluding hydrogens is 399 g/mol. The Labute approximate surface area is 169 Å². The lowest BCUT2D eigenvalue weighted by Gasteiger charge is -2.19. The number of aromatic nitrogens is 1. The molecule has 10 heteroatoms. The summed E-state index contributed by atoms with van der Waals surface area (Å²) in [4.78, 5) is 21.2. The molecule has 1 atom stereocenters. The third-order valence-electron chi connectivity index (χ3n) is 3.65. The van der Waals surface area contributed by atoms with Gasteiger partial charge in [0.1, 0.15) is 12.2 Å². The highest BCUT2D eigenvalue weighted by Gasteiger charge is 2.19. The molecule has 0 saturated heterocycles. The molecule has 1 amide bonds. The lowest BCUT2D eigenvalue weighted by molar-refractivity contribution is 0.0636. The number of carbonyl (C=O) groups is 1. The molecule has 0 saturated carbocycles. The molecular formula is C19H27N2O7P. The summed E-state index contributed by atoms with van der Waals surface area (Å²) in [5.74, 6) is 0.352. The van der Waals surface area contributed by atoms with Crippen LogP contribution in [0.4, 0.5) is 10.5 Å². The number of nitrogens with one attached hydrogen (secondary N) is 1. The Balaban J connectivity index is 1.81. The number of ether oxygens (including phenoxy) is 2. The molecule has 160 valence electrons. The van der Waals surface area contributed by atoms with Crippen molar-refractivity contribution < 1.29 is 32.8 Å². The van der Waals surface area contributed by atoms with Gasteiger partial charge < -0.3 is 23.4 Å². The molecule has 0 spiro atoms. The third kappa shape index (κ3) is 8.37. The topological polar surface area (TPSA) is 120 Å². The molecule has 0 aliphatic rings. The van der Waals surface area contributed by atoms with Crippen LogP contribution >= 0.6 is 7.60 Å². The Morgan fingerprint density at radius 3 is 2.52 bits per heavy atom. The molecule has 1 heterocycles. The molecule has 0 bridgehead atoms. The van der Waals surface area contributed by atoms with E-state index in [2.05, 4.69) is 10.5 Å². The van der Waals surface area contributed by atoms with E-state index in [1.165, 1.54) is 6.20 Å². The van der Waals surface area contributed by atoms with Crippen LogP contribution < -0.4 is 5.32 Å². The van der Waals surface area contributed by atoms with Gasteiger partial charge in [0.2, 0.25) is 0 Å². The summed E-state index contributed by atoms with van der Waals surface area (Å²) in [6.07, 6.45) is 0.992. The van der Waals surface area contributed by atoms with Crippen LogP contribution in [0.1, 0.15) is 44.6 Å². The first-order valence-electron chi connectivity index (χ1n) is 9.13. The van der Waals surface area contributed by atoms with Crippen LogP contribution in [0.2, 0.25) is 0 Å². The second kappa shape index (κ2) is 10.0. The maximum atomic E-state index is 11.8. The highest BCUT2D eigenvalue weighted by molar-refractivity contribution is 7.52. The van der Waals surface area contributed by atoms with Gasteiger partial charge in [0, 0.05) is 17.4 Å². The molecule has 0 aliphatic heterocycles. The first-order valence-corrected chi connectivity index (χ1v) is 10.9. The van der Waals surface area contributed by atoms with Gasteiger partial charge in [0.05, 0.1) is 19.4 Å². The first-order chi connectivity index (χ1) is 13.6. The molecule has 1 aromatic heterocycles. The summed E-state index contributed by atoms with van der Waals surface area (Å²) in [6, 6.07) is 7.16. The van der Waals surface area contributed by atoms with Crippen molar-refractivity contribution in [1.29, 1.82) is 0 Å². The predicted octanol–water partition coefficient (Wildman–Crippen LogP) is 4.46. The number of rotatable bonds is 9. The predicted molar refractivity (Wildman–Crippen MR) is 106 cm³/mol. The average molecular weight is 426 g/mol. The van der Waals surface area contributed by atoms with Gasteiger partial charge in [0.25, 0.3) is 0 Å². The summed E-state index contributed by atoms with van der Waals surface area (Å²) in [5.41, 5.74) is 1.60. The summed E-state index contributed by atoms with van der Waals surface area (Å²) in [7, 11) is -3.60. The van der Waals surface area contributed by atoms with Crippen molar-refractivity contribution in [3.8, 4) is 0 Å². The van der Waals surface area contributed by atoms with E-state index < -0.39 is 19.3 Å². The zero-order valence-corrected chi connectivity index (χ0v) is 17.9. The standard InChI is InChI=1S/C19H27N2O7P/c1-5-29(23,24)26-13-17-15(10-20-28-17)12-25-11-14-6-8-16(9-7-14)21-18(22)27-19(2,3)4/h6-10H,5,11-13H2,1-4H3,(H,21,22)(H,23,24). The van der Waals surface area contributed by atoms with Gasteiger partial charge in [0.15, 0.2) is 5.76 Å². The number of carbonyl (C=O) groups excluding carboxylic acids is 1. The van der Waals surface area contributed by atoms with Crippen molar-refractivity contribution in [2.75, 3.05) is 11.5 Å². The van der Waals surface area contributed by atoms with Gasteiger partial charge in [-0.1, -0.05) is 24.2 Å². The lowest BCUT2D eigenvalue weighted by atomic mass is 10.2. The van der Waals surface area contributed by atoms with Crippen LogP contribution in [0.15, 0.2) is 35.0 Å². The summed E-state index contributed by atoms with van der Waals surface area (Å²) in [5, 5.41) is 6.34. The molecule has 2 rings (SSSR count). The van der Waals surface area contributed by atoms with E-state index in [1.54, 1.807) is 39.8 Å². The van der Waals surface area contributed by atoms with Crippen LogP contribution in [0, 0.1) is 0 Å². The van der Waals surface area contributed by atoms with E-state index in [0.29, 0.717) is 23.6 Å². The van der Waals surface area contributed by atoms with Gasteiger partial charge in [-0.15, -0.1) is 0 Å². The van der Waals surface area contributed by atoms with Crippen molar-refractivity contribution in [1.82, 2.24) is 5.16 Å². The van der Waals surface area contributed by atoms with Crippen molar-refractivity contribution in [2.45, 2.75) is 53.1 Å². The largest absolute Gasteiger partial charge is 0.444 e. The molecule has 0 aliphatic carbocycles. The van der Waals surface area contributed by atoms with Crippen molar-refractivity contribution in [3.05, 3.63) is 47.3 Å². The van der Waals surface area contributed by atoms with Gasteiger partial charge in [-0.3, -0.25) is 9.88 Å². The van der Waals surface area contributed by atoms with Crippen molar-refractivity contribution in [2.24, 2.45) is 0 Å². The van der Waals surface area contributed by atoms with Gasteiger partial charge in [-0.05, 0) is 38.5 Å². The first kappa shape index (κ1) is 23.1. The van der Waals surface area contributed by atoms with Crippen LogP contribution in [0.25, 0.3) is 0 Å². The molecule has 2 aromatic rings. The molecule has 9 nitrogen and oxygen atoms in total. The van der Waals surface area contributed by atoms with E-state index in [9.17, 15) is 14.3 Å². The van der Waals surface area contributed by atoms with E-state index in [-0.39, 0.29) is 19.4 Å². The highest BCUT2D eigenvalue weighted by atomic mass is 31.2. The molecule has 2 N–H and O–H groups in total. The Hall–Kier alpha value is -2.19. The maximum Gasteiger partial charge on any atom is 0.412 e. The van der Waals surface area contributed by atoms with E-state index in [1.807, 2.05) is 12.1 Å². The summed E-state index contributed by atoms with van der Waals surface area (Å²) < 4.78 is 32.4. The fourth-order valence-electron chi connectivity index (χ4n) is 2.16. The fourth-order valence-corrected chi connectivity index (χ4v) is 2.66. The maximum absolute atomic E-state index is 11.8. The van der Waals surface area contributed by atoms with Crippen LogP contribution in [-0.4, -0.2) is 27.9 Å². The highest BCUT2D eigenvalue weighted by Crippen LogP contribution is 2.42. The smallest absolute Gasteiger partial charge is 0.412 e. The Morgan fingerprint density at radius 2 is 1.90 bits per heavy atom. The molecule has 0 radical (unpaired) electrons. The monoisotopic (exact) mass is 426 g/mol. The lowest BCUT2D eigenvalue weighted by Crippen LogP contribution is -2.27. The van der Waals surface area contributed by atoms with Gasteiger partial charge >= 0.3 is 13.7 Å². The summed E-state index contributed by atoms with van der Waals surface area (Å²) >= 11 is 0.